The average Bonchev–Trinajstić information content (AvgIpc) is 2.52. The Bertz CT molecular complexity index is 504. The van der Waals surface area contributed by atoms with Crippen LogP contribution in [0.2, 0.25) is 0 Å². The molecule has 0 aliphatic rings. The number of aromatic hydroxyl groups is 1. The predicted molar refractivity (Wildman–Crippen MR) is 85.2 cm³/mol. The van der Waals surface area contributed by atoms with Crippen molar-refractivity contribution in [2.45, 2.75) is 12.8 Å². The van der Waals surface area contributed by atoms with Gasteiger partial charge in [-0.05, 0) is 25.0 Å². The molecule has 0 heterocycles. The fourth-order valence-corrected chi connectivity index (χ4v) is 1.45. The number of carbonyl (C=O) groups is 1. The summed E-state index contributed by atoms with van der Waals surface area (Å²) >= 11 is 0. The molecular formula is C14H23N3O6. The summed E-state index contributed by atoms with van der Waals surface area (Å²) in [7, 11) is 2.67. The number of rotatable bonds is 7. The van der Waals surface area contributed by atoms with E-state index in [0.717, 1.165) is 12.8 Å². The van der Waals surface area contributed by atoms with Crippen molar-refractivity contribution in [2.75, 3.05) is 27.4 Å². The van der Waals surface area contributed by atoms with Crippen molar-refractivity contribution >= 4 is 11.9 Å². The molecule has 7 N–H and O–H groups in total. The zero-order chi connectivity index (χ0) is 17.8. The standard InChI is InChI=1S/C9H10O5.C5H13N3O/c1-13-6-3-5(9(11)12)4-7(14-2)8(6)10;6-5(7)8-3-1-2-4-9/h3-4,10H,1-2H3,(H,11,12);9H,1-4H2,(H4,6,7,8). The highest BCUT2D eigenvalue weighted by Gasteiger charge is 2.14. The minimum Gasteiger partial charge on any atom is -0.502 e. The molecular weight excluding hydrogens is 306 g/mol. The highest BCUT2D eigenvalue weighted by molar-refractivity contribution is 5.89. The quantitative estimate of drug-likeness (QED) is 0.268. The van der Waals surface area contributed by atoms with Crippen LogP contribution in [0.5, 0.6) is 17.2 Å². The molecule has 1 aromatic rings. The Hall–Kier alpha value is -2.68. The molecule has 0 saturated carbocycles. The summed E-state index contributed by atoms with van der Waals surface area (Å²) in [6.45, 7) is 0.822. The first-order chi connectivity index (χ1) is 10.9. The van der Waals surface area contributed by atoms with Gasteiger partial charge in [0.15, 0.2) is 17.5 Å². The van der Waals surface area contributed by atoms with Gasteiger partial charge in [0.25, 0.3) is 0 Å². The summed E-state index contributed by atoms with van der Waals surface area (Å²) < 4.78 is 9.57. The Balaban J connectivity index is 0.000000468. The number of ether oxygens (including phenoxy) is 2. The summed E-state index contributed by atoms with van der Waals surface area (Å²) in [4.78, 5) is 14.4. The molecule has 9 nitrogen and oxygen atoms in total. The number of aromatic carboxylic acids is 1. The number of carboxylic acids is 1. The zero-order valence-corrected chi connectivity index (χ0v) is 13.2. The summed E-state index contributed by atoms with van der Waals surface area (Å²) in [6, 6.07) is 2.44. The first-order valence-electron chi connectivity index (χ1n) is 6.71. The van der Waals surface area contributed by atoms with Crippen LogP contribution in [0.1, 0.15) is 23.2 Å². The van der Waals surface area contributed by atoms with Crippen molar-refractivity contribution in [1.29, 1.82) is 0 Å². The van der Waals surface area contributed by atoms with E-state index in [2.05, 4.69) is 4.99 Å². The van der Waals surface area contributed by atoms with Crippen molar-refractivity contribution in [3.05, 3.63) is 17.7 Å². The largest absolute Gasteiger partial charge is 0.502 e. The molecule has 0 spiro atoms. The molecule has 23 heavy (non-hydrogen) atoms. The van der Waals surface area contributed by atoms with E-state index in [-0.39, 0.29) is 35.4 Å². The number of benzene rings is 1. The number of aliphatic hydroxyl groups excluding tert-OH is 1. The Kier molecular flexibility index (Phi) is 9.69. The van der Waals surface area contributed by atoms with Crippen molar-refractivity contribution in [2.24, 2.45) is 16.5 Å². The lowest BCUT2D eigenvalue weighted by Crippen LogP contribution is -2.22. The van der Waals surface area contributed by atoms with Crippen LogP contribution in [0, 0.1) is 0 Å². The fourth-order valence-electron chi connectivity index (χ4n) is 1.45. The number of guanidine groups is 1. The lowest BCUT2D eigenvalue weighted by molar-refractivity contribution is 0.0696. The lowest BCUT2D eigenvalue weighted by Gasteiger charge is -2.08. The number of phenolic OH excluding ortho intramolecular Hbond substituents is 1. The maximum absolute atomic E-state index is 10.7. The van der Waals surface area contributed by atoms with Crippen LogP contribution in [0.25, 0.3) is 0 Å². The molecule has 1 aromatic carbocycles. The van der Waals surface area contributed by atoms with Gasteiger partial charge in [-0.2, -0.15) is 0 Å². The summed E-state index contributed by atoms with van der Waals surface area (Å²) in [5, 5.41) is 26.5. The second-order valence-electron chi connectivity index (χ2n) is 4.27. The number of aliphatic imine (C=N–C) groups is 1. The van der Waals surface area contributed by atoms with Gasteiger partial charge in [0.1, 0.15) is 0 Å². The highest BCUT2D eigenvalue weighted by atomic mass is 16.5. The first-order valence-corrected chi connectivity index (χ1v) is 6.71. The summed E-state index contributed by atoms with van der Waals surface area (Å²) in [5.41, 5.74) is 10.1. The molecule has 0 aromatic heterocycles. The van der Waals surface area contributed by atoms with Gasteiger partial charge in [0, 0.05) is 13.2 Å². The first kappa shape index (κ1) is 20.3. The monoisotopic (exact) mass is 329 g/mol. The summed E-state index contributed by atoms with van der Waals surface area (Å²) in [5.74, 6) is -1.06. The number of methoxy groups -OCH3 is 2. The second-order valence-corrected chi connectivity index (χ2v) is 4.27. The van der Waals surface area contributed by atoms with Gasteiger partial charge in [-0.3, -0.25) is 4.99 Å². The second kappa shape index (κ2) is 11.0. The molecule has 0 atom stereocenters. The molecule has 1 rings (SSSR count). The minimum absolute atomic E-state index is 0.00324. The van der Waals surface area contributed by atoms with Gasteiger partial charge in [-0.15, -0.1) is 0 Å². The van der Waals surface area contributed by atoms with Crippen LogP contribution in [-0.2, 0) is 0 Å². The van der Waals surface area contributed by atoms with E-state index < -0.39 is 5.97 Å². The average molecular weight is 329 g/mol. The van der Waals surface area contributed by atoms with Crippen molar-refractivity contribution in [1.82, 2.24) is 0 Å². The Morgan fingerprint density at radius 2 is 1.70 bits per heavy atom. The summed E-state index contributed by atoms with van der Waals surface area (Å²) in [6.07, 6.45) is 1.60. The van der Waals surface area contributed by atoms with Crippen LogP contribution in [-0.4, -0.2) is 54.6 Å². The van der Waals surface area contributed by atoms with Gasteiger partial charge >= 0.3 is 5.97 Å². The van der Waals surface area contributed by atoms with Crippen LogP contribution in [0.4, 0.5) is 0 Å². The third kappa shape index (κ3) is 7.77. The number of unbranched alkanes of at least 4 members (excludes halogenated alkanes) is 1. The topological polar surface area (TPSA) is 161 Å². The highest BCUT2D eigenvalue weighted by Crippen LogP contribution is 2.36. The van der Waals surface area contributed by atoms with Gasteiger partial charge in [-0.1, -0.05) is 0 Å². The third-order valence-corrected chi connectivity index (χ3v) is 2.59. The molecule has 9 heteroatoms. The SMILES string of the molecule is COc1cc(C(=O)O)cc(OC)c1O.NC(N)=NCCCCO. The van der Waals surface area contributed by atoms with Crippen LogP contribution < -0.4 is 20.9 Å². The Morgan fingerprint density at radius 3 is 2.04 bits per heavy atom. The van der Waals surface area contributed by atoms with E-state index in [1.165, 1.54) is 26.4 Å². The molecule has 0 aliphatic carbocycles. The maximum Gasteiger partial charge on any atom is 0.335 e. The van der Waals surface area contributed by atoms with Crippen LogP contribution >= 0.6 is 0 Å². The minimum atomic E-state index is -1.11. The molecule has 0 amide bonds. The third-order valence-electron chi connectivity index (χ3n) is 2.59. The van der Waals surface area contributed by atoms with E-state index in [0.29, 0.717) is 6.54 Å². The van der Waals surface area contributed by atoms with Gasteiger partial charge in [0.05, 0.1) is 19.8 Å². The number of nitrogens with zero attached hydrogens (tertiary/aromatic N) is 1. The van der Waals surface area contributed by atoms with E-state index >= 15 is 0 Å². The molecule has 0 fully saturated rings. The van der Waals surface area contributed by atoms with Crippen LogP contribution in [0.3, 0.4) is 0 Å². The van der Waals surface area contributed by atoms with Crippen molar-refractivity contribution in [3.8, 4) is 17.2 Å². The normalized spacial score (nSPS) is 9.35. The van der Waals surface area contributed by atoms with Gasteiger partial charge < -0.3 is 36.3 Å². The van der Waals surface area contributed by atoms with E-state index in [9.17, 15) is 9.90 Å². The predicted octanol–water partition coefficient (Wildman–Crippen LogP) is 0.140. The van der Waals surface area contributed by atoms with E-state index in [4.69, 9.17) is 31.2 Å². The smallest absolute Gasteiger partial charge is 0.335 e. The van der Waals surface area contributed by atoms with E-state index in [1.807, 2.05) is 0 Å². The van der Waals surface area contributed by atoms with Crippen molar-refractivity contribution < 1.29 is 29.6 Å². The van der Waals surface area contributed by atoms with E-state index in [1.54, 1.807) is 0 Å². The molecule has 0 bridgehead atoms. The van der Waals surface area contributed by atoms with Crippen LogP contribution in [0.15, 0.2) is 17.1 Å². The zero-order valence-electron chi connectivity index (χ0n) is 13.2. The fraction of sp³-hybridized carbons (Fsp3) is 0.429. The maximum atomic E-state index is 10.7. The number of aliphatic hydroxyl groups is 1. The number of phenols is 1. The van der Waals surface area contributed by atoms with Gasteiger partial charge in [-0.25, -0.2) is 4.79 Å². The van der Waals surface area contributed by atoms with Gasteiger partial charge in [0.2, 0.25) is 5.75 Å². The number of hydrogen-bond donors (Lipinski definition) is 5. The number of nitrogens with two attached hydrogens (primary N) is 2. The molecule has 0 aliphatic heterocycles. The molecule has 0 saturated heterocycles. The van der Waals surface area contributed by atoms with Crippen molar-refractivity contribution in [3.63, 3.8) is 0 Å². The molecule has 0 unspecified atom stereocenters. The Morgan fingerprint density at radius 1 is 1.17 bits per heavy atom. The number of hydrogen-bond acceptors (Lipinski definition) is 6. The lowest BCUT2D eigenvalue weighted by atomic mass is 10.2. The Labute approximate surface area is 134 Å². The molecule has 0 radical (unpaired) electrons. The molecule has 130 valence electrons. The number of carboxylic acid groups (broad SMARTS) is 1.